The number of aromatic nitrogens is 2. The number of nitrogens with zero attached hydrogens (tertiary/aromatic N) is 2. The van der Waals surface area contributed by atoms with Gasteiger partial charge in [0.15, 0.2) is 5.69 Å². The summed E-state index contributed by atoms with van der Waals surface area (Å²) >= 11 is 3.85. The van der Waals surface area contributed by atoms with E-state index >= 15 is 0 Å². The molecule has 0 radical (unpaired) electrons. The summed E-state index contributed by atoms with van der Waals surface area (Å²) in [6.45, 7) is 3.44. The van der Waals surface area contributed by atoms with Crippen molar-refractivity contribution in [1.29, 1.82) is 0 Å². The van der Waals surface area contributed by atoms with Crippen molar-refractivity contribution in [3.8, 4) is 0 Å². The summed E-state index contributed by atoms with van der Waals surface area (Å²) in [5.41, 5.74) is 0.129. The second-order valence-electron chi connectivity index (χ2n) is 3.55. The molecule has 0 saturated heterocycles. The third-order valence-electron chi connectivity index (χ3n) is 2.00. The molecule has 0 aliphatic carbocycles. The van der Waals surface area contributed by atoms with Crippen LogP contribution in [0.5, 0.6) is 0 Å². The van der Waals surface area contributed by atoms with Crippen LogP contribution in [-0.4, -0.2) is 9.97 Å². The summed E-state index contributed by atoms with van der Waals surface area (Å²) in [6, 6.07) is 0. The molecular weight excluding hydrogens is 301 g/mol. The Morgan fingerprint density at radius 1 is 1.28 bits per heavy atom. The summed E-state index contributed by atoms with van der Waals surface area (Å²) in [6.07, 6.45) is -4.38. The summed E-state index contributed by atoms with van der Waals surface area (Å²) < 4.78 is 38.9. The number of rotatable bonds is 3. The second-order valence-corrected chi connectivity index (χ2v) is 6.91. The van der Waals surface area contributed by atoms with E-state index in [4.69, 9.17) is 0 Å². The molecule has 0 aliphatic heterocycles. The second kappa shape index (κ2) is 5.18. The lowest BCUT2D eigenvalue weighted by Crippen LogP contribution is -2.08. The highest BCUT2D eigenvalue weighted by atomic mass is 32.2. The molecule has 98 valence electrons. The highest BCUT2D eigenvalue weighted by Gasteiger charge is 2.36. The van der Waals surface area contributed by atoms with Gasteiger partial charge >= 0.3 is 6.18 Å². The maximum absolute atomic E-state index is 12.7. The van der Waals surface area contributed by atoms with Gasteiger partial charge in [-0.1, -0.05) is 11.8 Å². The van der Waals surface area contributed by atoms with E-state index in [0.29, 0.717) is 5.01 Å². The molecule has 0 atom stereocenters. The summed E-state index contributed by atoms with van der Waals surface area (Å²) in [5.74, 6) is 0.257. The summed E-state index contributed by atoms with van der Waals surface area (Å²) in [5, 5.41) is 2.32. The standard InChI is InChI=1S/C10H9F3N2S3/c1-5-3-16-9(14-5)17-4-7-8(10(11,12)13)15-6(2)18-7/h3H,4H2,1-2H3. The first-order chi connectivity index (χ1) is 8.36. The van der Waals surface area contributed by atoms with E-state index < -0.39 is 11.9 Å². The molecule has 0 aromatic carbocycles. The van der Waals surface area contributed by atoms with Crippen LogP contribution in [0.4, 0.5) is 13.2 Å². The van der Waals surface area contributed by atoms with E-state index in [1.807, 2.05) is 12.3 Å². The van der Waals surface area contributed by atoms with Crippen molar-refractivity contribution in [2.24, 2.45) is 0 Å². The molecule has 0 N–H and O–H groups in total. The van der Waals surface area contributed by atoms with Gasteiger partial charge in [0, 0.05) is 21.7 Å². The normalized spacial score (nSPS) is 12.1. The van der Waals surface area contributed by atoms with Gasteiger partial charge in [-0.2, -0.15) is 13.2 Å². The van der Waals surface area contributed by atoms with Gasteiger partial charge in [0.25, 0.3) is 0 Å². The van der Waals surface area contributed by atoms with Crippen LogP contribution in [0.2, 0.25) is 0 Å². The minimum atomic E-state index is -4.38. The van der Waals surface area contributed by atoms with Crippen LogP contribution in [0.3, 0.4) is 0 Å². The molecule has 0 spiro atoms. The first kappa shape index (κ1) is 13.8. The van der Waals surface area contributed by atoms with Crippen LogP contribution in [0.1, 0.15) is 21.3 Å². The van der Waals surface area contributed by atoms with Gasteiger partial charge in [0.1, 0.15) is 4.34 Å². The van der Waals surface area contributed by atoms with Crippen LogP contribution in [-0.2, 0) is 11.9 Å². The smallest absolute Gasteiger partial charge is 0.237 e. The Morgan fingerprint density at radius 3 is 2.56 bits per heavy atom. The molecular formula is C10H9F3N2S3. The van der Waals surface area contributed by atoms with Gasteiger partial charge in [-0.05, 0) is 13.8 Å². The fourth-order valence-corrected chi connectivity index (χ4v) is 4.19. The summed E-state index contributed by atoms with van der Waals surface area (Å²) in [7, 11) is 0. The lowest BCUT2D eigenvalue weighted by atomic mass is 10.4. The third kappa shape index (κ3) is 3.24. The minimum Gasteiger partial charge on any atom is -0.237 e. The molecule has 0 unspecified atom stereocenters. The molecule has 18 heavy (non-hydrogen) atoms. The molecule has 0 aliphatic rings. The Kier molecular flexibility index (Phi) is 3.98. The zero-order valence-corrected chi connectivity index (χ0v) is 12.0. The predicted molar refractivity (Wildman–Crippen MR) is 68.3 cm³/mol. The number of halogens is 3. The minimum absolute atomic E-state index is 0.257. The lowest BCUT2D eigenvalue weighted by molar-refractivity contribution is -0.141. The monoisotopic (exact) mass is 310 g/mol. The SMILES string of the molecule is Cc1csc(SCc2sc(C)nc2C(F)(F)F)n1. The number of thioether (sulfide) groups is 1. The van der Waals surface area contributed by atoms with E-state index in [9.17, 15) is 13.2 Å². The maximum Gasteiger partial charge on any atom is 0.434 e. The zero-order chi connectivity index (χ0) is 13.3. The van der Waals surface area contributed by atoms with Crippen LogP contribution in [0.25, 0.3) is 0 Å². The van der Waals surface area contributed by atoms with Crippen LogP contribution < -0.4 is 0 Å². The van der Waals surface area contributed by atoms with Crippen molar-refractivity contribution in [1.82, 2.24) is 9.97 Å². The molecule has 2 aromatic heterocycles. The van der Waals surface area contributed by atoms with Crippen molar-refractivity contribution >= 4 is 34.4 Å². The summed E-state index contributed by atoms with van der Waals surface area (Å²) in [4.78, 5) is 8.03. The quantitative estimate of drug-likeness (QED) is 0.779. The van der Waals surface area contributed by atoms with Crippen molar-refractivity contribution in [3.05, 3.63) is 26.7 Å². The van der Waals surface area contributed by atoms with E-state index in [0.717, 1.165) is 21.4 Å². The van der Waals surface area contributed by atoms with Gasteiger partial charge in [-0.25, -0.2) is 9.97 Å². The Balaban J connectivity index is 2.14. The molecule has 2 nitrogen and oxygen atoms in total. The van der Waals surface area contributed by atoms with Crippen LogP contribution in [0.15, 0.2) is 9.72 Å². The van der Waals surface area contributed by atoms with Gasteiger partial charge in [-0.15, -0.1) is 22.7 Å². The van der Waals surface area contributed by atoms with Gasteiger partial charge < -0.3 is 0 Å². The fourth-order valence-electron chi connectivity index (χ4n) is 1.31. The number of alkyl halides is 3. The molecule has 8 heteroatoms. The predicted octanol–water partition coefficient (Wildman–Crippen LogP) is 4.53. The Hall–Kier alpha value is -0.600. The average molecular weight is 310 g/mol. The molecule has 2 heterocycles. The zero-order valence-electron chi connectivity index (χ0n) is 9.54. The van der Waals surface area contributed by atoms with E-state index in [2.05, 4.69) is 9.97 Å². The number of thiazole rings is 2. The lowest BCUT2D eigenvalue weighted by Gasteiger charge is -2.04. The van der Waals surface area contributed by atoms with Crippen LogP contribution in [0, 0.1) is 13.8 Å². The molecule has 0 fully saturated rings. The first-order valence-corrected chi connectivity index (χ1v) is 7.63. The van der Waals surface area contributed by atoms with Crippen molar-refractivity contribution in [3.63, 3.8) is 0 Å². The number of aryl methyl sites for hydroxylation is 2. The van der Waals surface area contributed by atoms with Gasteiger partial charge in [0.2, 0.25) is 0 Å². The third-order valence-corrected chi connectivity index (χ3v) is 5.32. The maximum atomic E-state index is 12.7. The molecule has 2 rings (SSSR count). The first-order valence-electron chi connectivity index (χ1n) is 4.94. The van der Waals surface area contributed by atoms with Crippen molar-refractivity contribution in [2.75, 3.05) is 0 Å². The van der Waals surface area contributed by atoms with Gasteiger partial charge in [-0.3, -0.25) is 0 Å². The highest BCUT2D eigenvalue weighted by Crippen LogP contribution is 2.37. The molecule has 2 aromatic rings. The van der Waals surface area contributed by atoms with Crippen LogP contribution >= 0.6 is 34.4 Å². The largest absolute Gasteiger partial charge is 0.434 e. The van der Waals surface area contributed by atoms with E-state index in [-0.39, 0.29) is 10.6 Å². The highest BCUT2D eigenvalue weighted by molar-refractivity contribution is 8.00. The Morgan fingerprint density at radius 2 is 2.00 bits per heavy atom. The van der Waals surface area contributed by atoms with E-state index in [1.54, 1.807) is 6.92 Å². The Labute approximate surface area is 114 Å². The Bertz CT molecular complexity index is 545. The molecule has 0 bridgehead atoms. The van der Waals surface area contributed by atoms with E-state index in [1.165, 1.54) is 23.1 Å². The average Bonchev–Trinajstić information content (AvgIpc) is 2.81. The number of hydrogen-bond donors (Lipinski definition) is 0. The molecule has 0 amide bonds. The number of hydrogen-bond acceptors (Lipinski definition) is 5. The fraction of sp³-hybridized carbons (Fsp3) is 0.400. The van der Waals surface area contributed by atoms with Crippen molar-refractivity contribution < 1.29 is 13.2 Å². The van der Waals surface area contributed by atoms with Gasteiger partial charge in [0.05, 0.1) is 5.01 Å². The molecule has 0 saturated carbocycles. The van der Waals surface area contributed by atoms with Crippen molar-refractivity contribution in [2.45, 2.75) is 30.1 Å². The topological polar surface area (TPSA) is 25.8 Å².